The van der Waals surface area contributed by atoms with E-state index in [1.54, 1.807) is 6.92 Å². The van der Waals surface area contributed by atoms with Gasteiger partial charge in [-0.2, -0.15) is 0 Å². The molecule has 0 aromatic carbocycles. The maximum absolute atomic E-state index is 11.1. The van der Waals surface area contributed by atoms with E-state index in [9.17, 15) is 9.59 Å². The number of amides is 1. The lowest BCUT2D eigenvalue weighted by atomic mass is 10.2. The Labute approximate surface area is 73.5 Å². The van der Waals surface area contributed by atoms with Gasteiger partial charge in [0.25, 0.3) is 0 Å². The van der Waals surface area contributed by atoms with Crippen LogP contribution in [0, 0.1) is 5.92 Å². The molecule has 2 atom stereocenters. The van der Waals surface area contributed by atoms with E-state index in [4.69, 9.17) is 5.11 Å². The molecule has 0 aromatic rings. The van der Waals surface area contributed by atoms with E-state index in [1.165, 1.54) is 0 Å². The van der Waals surface area contributed by atoms with Gasteiger partial charge in [0.1, 0.15) is 6.54 Å². The number of carboxylic acid groups (broad SMARTS) is 1. The molecule has 0 fully saturated rings. The fraction of sp³-hybridized carbons (Fsp3) is 0.714. The van der Waals surface area contributed by atoms with E-state index < -0.39 is 5.97 Å². The fourth-order valence-corrected chi connectivity index (χ4v) is 1.53. The lowest BCUT2D eigenvalue weighted by molar-refractivity contribution is -0.138. The minimum atomic E-state index is -1.01. The molecule has 70 valence electrons. The van der Waals surface area contributed by atoms with Crippen LogP contribution >= 0.6 is 8.58 Å². The molecule has 2 N–H and O–H groups in total. The second-order valence-corrected chi connectivity index (χ2v) is 3.69. The van der Waals surface area contributed by atoms with Crippen LogP contribution < -0.4 is 5.32 Å². The molecule has 0 heterocycles. The van der Waals surface area contributed by atoms with E-state index in [-0.39, 0.29) is 18.4 Å². The first kappa shape index (κ1) is 11.4. The summed E-state index contributed by atoms with van der Waals surface area (Å²) >= 11 is 0. The highest BCUT2D eigenvalue weighted by atomic mass is 31.1. The maximum atomic E-state index is 11.1. The maximum Gasteiger partial charge on any atom is 0.322 e. The van der Waals surface area contributed by atoms with Gasteiger partial charge in [-0.3, -0.25) is 9.59 Å². The molecule has 0 aliphatic rings. The molecule has 4 nitrogen and oxygen atoms in total. The number of carbonyl (C=O) groups is 2. The average molecular weight is 191 g/mol. The summed E-state index contributed by atoms with van der Waals surface area (Å²) in [5.74, 6) is -1.26. The van der Waals surface area contributed by atoms with Crippen molar-refractivity contribution >= 4 is 20.5 Å². The van der Waals surface area contributed by atoms with Crippen LogP contribution in [0.2, 0.25) is 0 Å². The predicted molar refractivity (Wildman–Crippen MR) is 48.9 cm³/mol. The summed E-state index contributed by atoms with van der Waals surface area (Å²) in [6.07, 6.45) is 0.825. The minimum Gasteiger partial charge on any atom is -0.480 e. The lowest BCUT2D eigenvalue weighted by Gasteiger charge is -2.08. The largest absolute Gasteiger partial charge is 0.480 e. The van der Waals surface area contributed by atoms with Gasteiger partial charge >= 0.3 is 5.97 Å². The van der Waals surface area contributed by atoms with Crippen LogP contribution in [0.4, 0.5) is 0 Å². The number of carbonyl (C=O) groups excluding carboxylic acids is 1. The van der Waals surface area contributed by atoms with Crippen molar-refractivity contribution in [3.05, 3.63) is 0 Å². The molecule has 0 bridgehead atoms. The zero-order chi connectivity index (χ0) is 9.56. The third-order valence-electron chi connectivity index (χ3n) is 1.37. The van der Waals surface area contributed by atoms with E-state index in [1.807, 2.05) is 6.66 Å². The van der Waals surface area contributed by atoms with Gasteiger partial charge in [-0.25, -0.2) is 0 Å². The second-order valence-electron chi connectivity index (χ2n) is 2.57. The van der Waals surface area contributed by atoms with Gasteiger partial charge in [0.15, 0.2) is 0 Å². The topological polar surface area (TPSA) is 66.4 Å². The van der Waals surface area contributed by atoms with E-state index in [0.29, 0.717) is 0 Å². The first-order valence-corrected chi connectivity index (χ1v) is 5.42. The molecule has 2 unspecified atom stereocenters. The molecule has 0 aromatic heterocycles. The first-order valence-electron chi connectivity index (χ1n) is 3.72. The van der Waals surface area contributed by atoms with Crippen LogP contribution in [-0.2, 0) is 9.59 Å². The first-order chi connectivity index (χ1) is 5.57. The van der Waals surface area contributed by atoms with Gasteiger partial charge in [0.05, 0.1) is 0 Å². The smallest absolute Gasteiger partial charge is 0.322 e. The van der Waals surface area contributed by atoms with Gasteiger partial charge < -0.3 is 10.4 Å². The molecule has 1 amide bonds. The Morgan fingerprint density at radius 1 is 1.58 bits per heavy atom. The molecule has 0 rings (SSSR count). The Kier molecular flexibility index (Phi) is 5.64. The molecular formula is C7H14NO3P. The van der Waals surface area contributed by atoms with Crippen molar-refractivity contribution in [2.24, 2.45) is 5.92 Å². The summed E-state index contributed by atoms with van der Waals surface area (Å²) in [7, 11) is 0.722. The number of hydrogen-bond acceptors (Lipinski definition) is 2. The number of rotatable bonds is 5. The quantitative estimate of drug-likeness (QED) is 0.607. The monoisotopic (exact) mass is 191 g/mol. The Morgan fingerprint density at radius 3 is 2.58 bits per heavy atom. The molecule has 5 heteroatoms. The van der Waals surface area contributed by atoms with E-state index in [2.05, 4.69) is 5.32 Å². The number of hydrogen-bond donors (Lipinski definition) is 2. The Balaban J connectivity index is 3.64. The molecule has 0 saturated carbocycles. The van der Waals surface area contributed by atoms with Crippen molar-refractivity contribution in [2.75, 3.05) is 19.4 Å². The van der Waals surface area contributed by atoms with Crippen LogP contribution in [0.5, 0.6) is 0 Å². The van der Waals surface area contributed by atoms with Crippen molar-refractivity contribution in [1.29, 1.82) is 0 Å². The molecule has 0 saturated heterocycles. The zero-order valence-corrected chi connectivity index (χ0v) is 8.26. The van der Waals surface area contributed by atoms with Gasteiger partial charge in [-0.1, -0.05) is 6.92 Å². The molecule has 12 heavy (non-hydrogen) atoms. The SMILES string of the molecule is CPCC(C)C(=O)NCC(=O)O. The van der Waals surface area contributed by atoms with Crippen LogP contribution in [0.25, 0.3) is 0 Å². The highest BCUT2D eigenvalue weighted by Gasteiger charge is 2.11. The van der Waals surface area contributed by atoms with E-state index >= 15 is 0 Å². The van der Waals surface area contributed by atoms with E-state index in [0.717, 1.165) is 14.7 Å². The third kappa shape index (κ3) is 5.08. The Hall–Kier alpha value is -0.630. The molecule has 0 aliphatic carbocycles. The molecule has 0 radical (unpaired) electrons. The van der Waals surface area contributed by atoms with Crippen LogP contribution in [0.3, 0.4) is 0 Å². The number of nitrogens with one attached hydrogen (secondary N) is 1. The van der Waals surface area contributed by atoms with Crippen LogP contribution in [-0.4, -0.2) is 36.4 Å². The lowest BCUT2D eigenvalue weighted by Crippen LogP contribution is -2.34. The minimum absolute atomic E-state index is 0.0762. The summed E-state index contributed by atoms with van der Waals surface area (Å²) < 4.78 is 0. The summed E-state index contributed by atoms with van der Waals surface area (Å²) in [5.41, 5.74) is 0. The van der Waals surface area contributed by atoms with Crippen LogP contribution in [0.1, 0.15) is 6.92 Å². The van der Waals surface area contributed by atoms with Gasteiger partial charge in [0, 0.05) is 5.92 Å². The van der Waals surface area contributed by atoms with Crippen molar-refractivity contribution < 1.29 is 14.7 Å². The third-order valence-corrected chi connectivity index (χ3v) is 2.39. The van der Waals surface area contributed by atoms with Gasteiger partial charge in [-0.05, 0) is 12.8 Å². The van der Waals surface area contributed by atoms with Crippen molar-refractivity contribution in [3.8, 4) is 0 Å². The predicted octanol–water partition coefficient (Wildman–Crippen LogP) is 0.132. The highest BCUT2D eigenvalue weighted by Crippen LogP contribution is 2.09. The summed E-state index contributed by atoms with van der Waals surface area (Å²) in [5, 5.41) is 10.6. The summed E-state index contributed by atoms with van der Waals surface area (Å²) in [4.78, 5) is 21.1. The normalized spacial score (nSPS) is 13.2. The molecular weight excluding hydrogens is 177 g/mol. The van der Waals surface area contributed by atoms with Crippen molar-refractivity contribution in [3.63, 3.8) is 0 Å². The Morgan fingerprint density at radius 2 is 2.17 bits per heavy atom. The second kappa shape index (κ2) is 5.95. The van der Waals surface area contributed by atoms with Gasteiger partial charge in [0.2, 0.25) is 5.91 Å². The Bertz CT molecular complexity index is 172. The standard InChI is InChI=1S/C7H14NO3P/c1-5(4-12-2)7(11)8-3-6(9)10/h5,12H,3-4H2,1-2H3,(H,8,11)(H,9,10). The summed E-state index contributed by atoms with van der Waals surface area (Å²) in [6, 6.07) is 0. The van der Waals surface area contributed by atoms with Crippen molar-refractivity contribution in [2.45, 2.75) is 6.92 Å². The number of aliphatic carboxylic acids is 1. The van der Waals surface area contributed by atoms with Crippen LogP contribution in [0.15, 0.2) is 0 Å². The number of carboxylic acids is 1. The fourth-order valence-electron chi connectivity index (χ4n) is 0.736. The average Bonchev–Trinajstić information content (AvgIpc) is 2.00. The molecule has 0 aliphatic heterocycles. The summed E-state index contributed by atoms with van der Waals surface area (Å²) in [6.45, 7) is 3.53. The molecule has 0 spiro atoms. The van der Waals surface area contributed by atoms with Gasteiger partial charge in [-0.15, -0.1) is 8.58 Å². The zero-order valence-electron chi connectivity index (χ0n) is 7.26. The van der Waals surface area contributed by atoms with Crippen molar-refractivity contribution in [1.82, 2.24) is 5.32 Å². The highest BCUT2D eigenvalue weighted by molar-refractivity contribution is 7.37.